The van der Waals surface area contributed by atoms with Gasteiger partial charge in [-0.3, -0.25) is 19.7 Å². The summed E-state index contributed by atoms with van der Waals surface area (Å²) in [6.07, 6.45) is 1.78. The summed E-state index contributed by atoms with van der Waals surface area (Å²) in [4.78, 5) is 33.6. The van der Waals surface area contributed by atoms with Gasteiger partial charge in [-0.15, -0.1) is 0 Å². The molecular formula is C19H19ClN4O6S. The van der Waals surface area contributed by atoms with E-state index in [1.54, 1.807) is 24.3 Å². The number of carbonyl (C=O) groups is 2. The number of rotatable bonds is 9. The smallest absolute Gasteiger partial charge is 0.270 e. The minimum Gasteiger partial charge on any atom is -0.351 e. The molecule has 2 amide bonds. The summed E-state index contributed by atoms with van der Waals surface area (Å²) < 4.78 is 26.9. The van der Waals surface area contributed by atoms with Crippen molar-refractivity contribution >= 4 is 44.8 Å². The van der Waals surface area contributed by atoms with E-state index >= 15 is 0 Å². The number of halogens is 1. The zero-order valence-electron chi connectivity index (χ0n) is 16.1. The highest BCUT2D eigenvalue weighted by Crippen LogP contribution is 2.30. The van der Waals surface area contributed by atoms with Crippen LogP contribution in [0.3, 0.4) is 0 Å². The molecule has 3 N–H and O–H groups in total. The van der Waals surface area contributed by atoms with E-state index in [4.69, 9.17) is 11.6 Å². The van der Waals surface area contributed by atoms with Gasteiger partial charge in [-0.05, 0) is 43.2 Å². The van der Waals surface area contributed by atoms with Crippen LogP contribution in [-0.2, 0) is 14.8 Å². The summed E-state index contributed by atoms with van der Waals surface area (Å²) in [5.74, 6) is -0.385. The molecule has 1 aliphatic rings. The Morgan fingerprint density at radius 3 is 2.39 bits per heavy atom. The quantitative estimate of drug-likeness (QED) is 0.293. The summed E-state index contributed by atoms with van der Waals surface area (Å²) in [6.45, 7) is -0.173. The first kappa shape index (κ1) is 22.7. The van der Waals surface area contributed by atoms with Crippen LogP contribution in [0, 0.1) is 16.0 Å². The Bertz CT molecular complexity index is 1120. The van der Waals surface area contributed by atoms with Crippen molar-refractivity contribution in [3.05, 3.63) is 63.2 Å². The van der Waals surface area contributed by atoms with Crippen LogP contribution in [0.5, 0.6) is 0 Å². The number of hydrogen-bond acceptors (Lipinski definition) is 6. The van der Waals surface area contributed by atoms with E-state index in [9.17, 15) is 28.1 Å². The van der Waals surface area contributed by atoms with Gasteiger partial charge in [0.2, 0.25) is 15.9 Å². The molecule has 0 spiro atoms. The van der Waals surface area contributed by atoms with Crippen LogP contribution in [0.25, 0.3) is 0 Å². The molecule has 0 aliphatic heterocycles. The summed E-state index contributed by atoms with van der Waals surface area (Å²) in [6, 6.07) is 9.42. The zero-order valence-corrected chi connectivity index (χ0v) is 17.7. The molecule has 31 heavy (non-hydrogen) atoms. The van der Waals surface area contributed by atoms with Crippen LogP contribution in [-0.4, -0.2) is 38.2 Å². The second kappa shape index (κ2) is 9.41. The normalized spacial score (nSPS) is 13.5. The molecule has 1 aliphatic carbocycles. The van der Waals surface area contributed by atoms with E-state index in [1.165, 1.54) is 0 Å². The number of nitro benzene ring substituents is 1. The summed E-state index contributed by atoms with van der Waals surface area (Å²) in [5.41, 5.74) is 0.527. The van der Waals surface area contributed by atoms with Crippen molar-refractivity contribution in [2.45, 2.75) is 17.7 Å². The third-order valence-electron chi connectivity index (χ3n) is 4.48. The first-order valence-corrected chi connectivity index (χ1v) is 11.2. The Kier molecular flexibility index (Phi) is 6.88. The zero-order chi connectivity index (χ0) is 22.6. The van der Waals surface area contributed by atoms with Crippen molar-refractivity contribution in [1.82, 2.24) is 10.0 Å². The van der Waals surface area contributed by atoms with Gasteiger partial charge >= 0.3 is 0 Å². The first-order valence-electron chi connectivity index (χ1n) is 9.30. The lowest BCUT2D eigenvalue weighted by Gasteiger charge is -2.10. The van der Waals surface area contributed by atoms with Gasteiger partial charge in [0.15, 0.2) is 0 Å². The van der Waals surface area contributed by atoms with Crippen molar-refractivity contribution in [1.29, 1.82) is 0 Å². The fraction of sp³-hybridized carbons (Fsp3) is 0.263. The van der Waals surface area contributed by atoms with E-state index in [0.717, 1.165) is 31.0 Å². The Morgan fingerprint density at radius 1 is 1.10 bits per heavy atom. The van der Waals surface area contributed by atoms with Crippen LogP contribution in [0.1, 0.15) is 23.2 Å². The molecule has 2 aromatic rings. The number of nitrogens with zero attached hydrogens (tertiary/aromatic N) is 1. The Balaban J connectivity index is 1.50. The highest BCUT2D eigenvalue weighted by Gasteiger charge is 2.29. The van der Waals surface area contributed by atoms with Crippen LogP contribution in [0.4, 0.5) is 11.4 Å². The largest absolute Gasteiger partial charge is 0.351 e. The van der Waals surface area contributed by atoms with Gasteiger partial charge in [0, 0.05) is 42.4 Å². The average molecular weight is 467 g/mol. The van der Waals surface area contributed by atoms with Gasteiger partial charge in [-0.2, -0.15) is 0 Å². The summed E-state index contributed by atoms with van der Waals surface area (Å²) in [5, 5.41) is 16.0. The van der Waals surface area contributed by atoms with Gasteiger partial charge in [-0.1, -0.05) is 11.6 Å². The molecular weight excluding hydrogens is 448 g/mol. The number of carbonyl (C=O) groups excluding carboxylic acids is 2. The van der Waals surface area contributed by atoms with E-state index in [2.05, 4.69) is 15.4 Å². The monoisotopic (exact) mass is 466 g/mol. The van der Waals surface area contributed by atoms with Crippen molar-refractivity contribution < 1.29 is 22.9 Å². The van der Waals surface area contributed by atoms with Crippen molar-refractivity contribution in [3.8, 4) is 0 Å². The lowest BCUT2D eigenvalue weighted by Crippen LogP contribution is -2.34. The minimum atomic E-state index is -4.11. The maximum atomic E-state index is 12.4. The number of nitrogens with one attached hydrogen (secondary N) is 3. The maximum Gasteiger partial charge on any atom is 0.270 e. The van der Waals surface area contributed by atoms with Gasteiger partial charge in [0.1, 0.15) is 4.90 Å². The number of non-ortho nitro benzene ring substituents is 1. The average Bonchev–Trinajstić information content (AvgIpc) is 3.57. The standard InChI is InChI=1S/C19H19ClN4O6S/c20-16-8-7-15(24(27)28)11-17(16)31(29,30)22-10-9-21-18(25)12-3-5-14(6-4-12)23-19(26)13-1-2-13/h3-8,11,13,22H,1-2,9-10H2,(H,21,25)(H,23,26). The van der Waals surface area contributed by atoms with Crippen LogP contribution >= 0.6 is 11.6 Å². The highest BCUT2D eigenvalue weighted by atomic mass is 35.5. The molecule has 0 radical (unpaired) electrons. The predicted molar refractivity (Wildman–Crippen MR) is 113 cm³/mol. The van der Waals surface area contributed by atoms with Gasteiger partial charge in [0.05, 0.1) is 9.95 Å². The fourth-order valence-electron chi connectivity index (χ4n) is 2.65. The SMILES string of the molecule is O=C(NCCNS(=O)(=O)c1cc([N+](=O)[O-])ccc1Cl)c1ccc(NC(=O)C2CC2)cc1. The molecule has 0 unspecified atom stereocenters. The maximum absolute atomic E-state index is 12.4. The number of amides is 2. The molecule has 1 saturated carbocycles. The molecule has 12 heteroatoms. The number of hydrogen-bond donors (Lipinski definition) is 3. The second-order valence-corrected chi connectivity index (χ2v) is 9.01. The van der Waals surface area contributed by atoms with Gasteiger partial charge in [0.25, 0.3) is 11.6 Å². The highest BCUT2D eigenvalue weighted by molar-refractivity contribution is 7.89. The van der Waals surface area contributed by atoms with Crippen molar-refractivity contribution in [2.75, 3.05) is 18.4 Å². The number of anilines is 1. The van der Waals surface area contributed by atoms with Gasteiger partial charge in [-0.25, -0.2) is 13.1 Å². The molecule has 0 saturated heterocycles. The molecule has 3 rings (SSSR count). The lowest BCUT2D eigenvalue weighted by atomic mass is 10.2. The van der Waals surface area contributed by atoms with Crippen LogP contribution in [0.2, 0.25) is 5.02 Å². The Hall–Kier alpha value is -3.02. The Morgan fingerprint density at radius 2 is 1.77 bits per heavy atom. The number of benzene rings is 2. The second-order valence-electron chi connectivity index (χ2n) is 6.87. The van der Waals surface area contributed by atoms with Gasteiger partial charge < -0.3 is 10.6 Å². The number of sulfonamides is 1. The van der Waals surface area contributed by atoms with E-state index < -0.39 is 31.4 Å². The molecule has 0 aromatic heterocycles. The van der Waals surface area contributed by atoms with Crippen molar-refractivity contribution in [3.63, 3.8) is 0 Å². The molecule has 0 bridgehead atoms. The molecule has 2 aromatic carbocycles. The lowest BCUT2D eigenvalue weighted by molar-refractivity contribution is -0.385. The third kappa shape index (κ3) is 6.00. The van der Waals surface area contributed by atoms with E-state index in [1.807, 2.05) is 0 Å². The first-order chi connectivity index (χ1) is 14.7. The van der Waals surface area contributed by atoms with Crippen LogP contribution in [0.15, 0.2) is 47.4 Å². The molecule has 164 valence electrons. The third-order valence-corrected chi connectivity index (χ3v) is 6.42. The predicted octanol–water partition coefficient (Wildman–Crippen LogP) is 2.31. The van der Waals surface area contributed by atoms with Crippen LogP contribution < -0.4 is 15.4 Å². The molecule has 0 heterocycles. The fourth-order valence-corrected chi connectivity index (χ4v) is 4.20. The van der Waals surface area contributed by atoms with Crippen molar-refractivity contribution in [2.24, 2.45) is 5.92 Å². The number of nitro groups is 1. The summed E-state index contributed by atoms with van der Waals surface area (Å²) >= 11 is 5.86. The summed E-state index contributed by atoms with van der Waals surface area (Å²) in [7, 11) is -4.11. The molecule has 1 fully saturated rings. The van der Waals surface area contributed by atoms with E-state index in [0.29, 0.717) is 11.3 Å². The molecule has 0 atom stereocenters. The minimum absolute atomic E-state index is 0.0230. The van der Waals surface area contributed by atoms with E-state index in [-0.39, 0.29) is 29.9 Å². The Labute approximate surface area is 183 Å². The molecule has 10 nitrogen and oxygen atoms in total. The topological polar surface area (TPSA) is 148 Å².